The number of pyridine rings is 1. The fraction of sp³-hybridized carbons (Fsp3) is 0.444. The van der Waals surface area contributed by atoms with Crippen molar-refractivity contribution in [2.24, 2.45) is 5.92 Å². The molecular formula is C9H11ClN2. The number of hydrogen-bond donors (Lipinski definition) is 1. The van der Waals surface area contributed by atoms with Gasteiger partial charge in [-0.1, -0.05) is 18.5 Å². The predicted molar refractivity (Wildman–Crippen MR) is 50.4 cm³/mol. The van der Waals surface area contributed by atoms with Crippen molar-refractivity contribution in [1.29, 1.82) is 0 Å². The molecule has 3 heteroatoms. The summed E-state index contributed by atoms with van der Waals surface area (Å²) in [6, 6.07) is 2.53. The highest BCUT2D eigenvalue weighted by atomic mass is 35.5. The molecule has 0 radical (unpaired) electrons. The van der Waals surface area contributed by atoms with Gasteiger partial charge in [-0.2, -0.15) is 0 Å². The Morgan fingerprint density at radius 3 is 3.00 bits per heavy atom. The Kier molecular flexibility index (Phi) is 1.93. The zero-order valence-electron chi connectivity index (χ0n) is 6.92. The third-order valence-electron chi connectivity index (χ3n) is 2.22. The van der Waals surface area contributed by atoms with E-state index >= 15 is 0 Å². The Labute approximate surface area is 77.0 Å². The van der Waals surface area contributed by atoms with Gasteiger partial charge in [-0.15, -0.1) is 0 Å². The topological polar surface area (TPSA) is 24.9 Å². The van der Waals surface area contributed by atoms with Crippen molar-refractivity contribution < 1.29 is 0 Å². The minimum absolute atomic E-state index is 0.616. The second-order valence-corrected chi connectivity index (χ2v) is 3.73. The molecule has 1 heterocycles. The molecule has 1 fully saturated rings. The van der Waals surface area contributed by atoms with Crippen LogP contribution in [0.5, 0.6) is 0 Å². The maximum atomic E-state index is 5.92. The number of rotatable bonds is 2. The van der Waals surface area contributed by atoms with E-state index < -0.39 is 0 Å². The van der Waals surface area contributed by atoms with Crippen LogP contribution in [0.15, 0.2) is 18.5 Å². The summed E-state index contributed by atoms with van der Waals surface area (Å²) in [6.07, 6.45) is 4.66. The number of halogens is 1. The molecular weight excluding hydrogens is 172 g/mol. The Hall–Kier alpha value is -0.760. The molecule has 0 amide bonds. The Bertz CT molecular complexity index is 288. The van der Waals surface area contributed by atoms with Crippen LogP contribution < -0.4 is 5.32 Å². The van der Waals surface area contributed by atoms with E-state index in [4.69, 9.17) is 11.6 Å². The standard InChI is InChI=1S/C9H11ClN2/c1-6-4-9(6)12-8-2-3-11-5-7(8)10/h2-3,5-6,9H,4H2,1H3,(H,11,12). The Balaban J connectivity index is 2.08. The number of hydrogen-bond acceptors (Lipinski definition) is 2. The van der Waals surface area contributed by atoms with Gasteiger partial charge < -0.3 is 5.32 Å². The summed E-state index contributed by atoms with van der Waals surface area (Å²) in [5, 5.41) is 4.07. The fourth-order valence-electron chi connectivity index (χ4n) is 1.22. The highest BCUT2D eigenvalue weighted by Crippen LogP contribution is 2.34. The van der Waals surface area contributed by atoms with Crippen molar-refractivity contribution in [1.82, 2.24) is 4.98 Å². The van der Waals surface area contributed by atoms with Crippen LogP contribution in [0.3, 0.4) is 0 Å². The molecule has 0 aromatic carbocycles. The summed E-state index contributed by atoms with van der Waals surface area (Å²) in [4.78, 5) is 3.92. The summed E-state index contributed by atoms with van der Waals surface area (Å²) in [7, 11) is 0. The lowest BCUT2D eigenvalue weighted by atomic mass is 10.4. The molecule has 1 aromatic rings. The van der Waals surface area contributed by atoms with Crippen LogP contribution in [0.25, 0.3) is 0 Å². The van der Waals surface area contributed by atoms with Gasteiger partial charge in [-0.05, 0) is 18.4 Å². The summed E-state index contributed by atoms with van der Waals surface area (Å²) < 4.78 is 0. The maximum absolute atomic E-state index is 5.92. The second-order valence-electron chi connectivity index (χ2n) is 3.32. The molecule has 2 unspecified atom stereocenters. The van der Waals surface area contributed by atoms with E-state index in [0.29, 0.717) is 11.1 Å². The van der Waals surface area contributed by atoms with Gasteiger partial charge in [0.25, 0.3) is 0 Å². The van der Waals surface area contributed by atoms with E-state index in [1.54, 1.807) is 12.4 Å². The molecule has 2 rings (SSSR count). The number of anilines is 1. The zero-order valence-corrected chi connectivity index (χ0v) is 7.67. The first kappa shape index (κ1) is 7.87. The quantitative estimate of drug-likeness (QED) is 0.761. The van der Waals surface area contributed by atoms with Crippen LogP contribution in [0.4, 0.5) is 5.69 Å². The third kappa shape index (κ3) is 1.53. The summed E-state index contributed by atoms with van der Waals surface area (Å²) in [5.74, 6) is 0.786. The van der Waals surface area contributed by atoms with Crippen LogP contribution in [-0.2, 0) is 0 Å². The van der Waals surface area contributed by atoms with Gasteiger partial charge in [-0.3, -0.25) is 4.98 Å². The zero-order chi connectivity index (χ0) is 8.55. The van der Waals surface area contributed by atoms with Crippen LogP contribution in [0.1, 0.15) is 13.3 Å². The highest BCUT2D eigenvalue weighted by Gasteiger charge is 2.32. The highest BCUT2D eigenvalue weighted by molar-refractivity contribution is 6.33. The van der Waals surface area contributed by atoms with E-state index in [1.807, 2.05) is 6.07 Å². The van der Waals surface area contributed by atoms with Gasteiger partial charge in [0.1, 0.15) is 0 Å². The molecule has 0 aliphatic heterocycles. The number of aromatic nitrogens is 1. The first-order chi connectivity index (χ1) is 5.77. The molecule has 2 nitrogen and oxygen atoms in total. The monoisotopic (exact) mass is 182 g/mol. The van der Waals surface area contributed by atoms with Crippen LogP contribution >= 0.6 is 11.6 Å². The Morgan fingerprint density at radius 1 is 1.67 bits per heavy atom. The number of nitrogens with zero attached hydrogens (tertiary/aromatic N) is 1. The molecule has 1 aliphatic rings. The van der Waals surface area contributed by atoms with Crippen molar-refractivity contribution in [3.8, 4) is 0 Å². The van der Waals surface area contributed by atoms with Gasteiger partial charge in [0.2, 0.25) is 0 Å². The first-order valence-corrected chi connectivity index (χ1v) is 4.51. The SMILES string of the molecule is CC1CC1Nc1ccncc1Cl. The normalized spacial score (nSPS) is 26.8. The third-order valence-corrected chi connectivity index (χ3v) is 2.52. The average Bonchev–Trinajstić information content (AvgIpc) is 2.72. The molecule has 1 aliphatic carbocycles. The van der Waals surface area contributed by atoms with E-state index in [9.17, 15) is 0 Å². The molecule has 0 bridgehead atoms. The average molecular weight is 183 g/mol. The van der Waals surface area contributed by atoms with Crippen LogP contribution in [0.2, 0.25) is 5.02 Å². The molecule has 2 atom stereocenters. The van der Waals surface area contributed by atoms with Crippen molar-refractivity contribution in [2.75, 3.05) is 5.32 Å². The van der Waals surface area contributed by atoms with Crippen molar-refractivity contribution >= 4 is 17.3 Å². The molecule has 64 valence electrons. The summed E-state index contributed by atoms with van der Waals surface area (Å²) >= 11 is 5.92. The van der Waals surface area contributed by atoms with Crippen molar-refractivity contribution in [2.45, 2.75) is 19.4 Å². The smallest absolute Gasteiger partial charge is 0.0820 e. The molecule has 1 aromatic heterocycles. The van der Waals surface area contributed by atoms with Gasteiger partial charge in [0.15, 0.2) is 0 Å². The molecule has 0 spiro atoms. The second kappa shape index (κ2) is 2.94. The van der Waals surface area contributed by atoms with Gasteiger partial charge in [0.05, 0.1) is 10.7 Å². The lowest BCUT2D eigenvalue weighted by molar-refractivity contribution is 0.929. The Morgan fingerprint density at radius 2 is 2.42 bits per heavy atom. The van der Waals surface area contributed by atoms with Gasteiger partial charge in [-0.25, -0.2) is 0 Å². The maximum Gasteiger partial charge on any atom is 0.0820 e. The molecule has 1 N–H and O–H groups in total. The van der Waals surface area contributed by atoms with Crippen LogP contribution in [-0.4, -0.2) is 11.0 Å². The number of nitrogens with one attached hydrogen (secondary N) is 1. The van der Waals surface area contributed by atoms with Gasteiger partial charge >= 0.3 is 0 Å². The predicted octanol–water partition coefficient (Wildman–Crippen LogP) is 2.56. The summed E-state index contributed by atoms with van der Waals surface area (Å²) in [6.45, 7) is 2.23. The van der Waals surface area contributed by atoms with E-state index in [-0.39, 0.29) is 0 Å². The van der Waals surface area contributed by atoms with Gasteiger partial charge in [0, 0.05) is 18.4 Å². The lowest BCUT2D eigenvalue weighted by Crippen LogP contribution is -2.03. The van der Waals surface area contributed by atoms with E-state index in [1.165, 1.54) is 6.42 Å². The first-order valence-electron chi connectivity index (χ1n) is 4.13. The largest absolute Gasteiger partial charge is 0.381 e. The van der Waals surface area contributed by atoms with E-state index in [0.717, 1.165) is 11.6 Å². The van der Waals surface area contributed by atoms with Crippen molar-refractivity contribution in [3.05, 3.63) is 23.5 Å². The fourth-order valence-corrected chi connectivity index (χ4v) is 1.39. The molecule has 0 saturated heterocycles. The molecule has 12 heavy (non-hydrogen) atoms. The van der Waals surface area contributed by atoms with E-state index in [2.05, 4.69) is 17.2 Å². The van der Waals surface area contributed by atoms with Crippen molar-refractivity contribution in [3.63, 3.8) is 0 Å². The summed E-state index contributed by atoms with van der Waals surface area (Å²) in [5.41, 5.74) is 1.00. The molecule has 1 saturated carbocycles. The minimum Gasteiger partial charge on any atom is -0.381 e. The van der Waals surface area contributed by atoms with Crippen LogP contribution in [0, 0.1) is 5.92 Å². The minimum atomic E-state index is 0.616. The lowest BCUT2D eigenvalue weighted by Gasteiger charge is -2.05.